The fourth-order valence-electron chi connectivity index (χ4n) is 2.37. The van der Waals surface area contributed by atoms with Gasteiger partial charge >= 0.3 is 0 Å². The number of hydrogen-bond acceptors (Lipinski definition) is 2. The van der Waals surface area contributed by atoms with Gasteiger partial charge in [-0.15, -0.1) is 0 Å². The molecule has 0 radical (unpaired) electrons. The molecule has 3 nitrogen and oxygen atoms in total. The molecule has 0 saturated heterocycles. The Labute approximate surface area is 125 Å². The summed E-state index contributed by atoms with van der Waals surface area (Å²) >= 11 is 0. The van der Waals surface area contributed by atoms with Crippen molar-refractivity contribution in [2.24, 2.45) is 5.92 Å². The third-order valence-corrected chi connectivity index (χ3v) is 3.32. The van der Waals surface area contributed by atoms with Crippen molar-refractivity contribution in [1.29, 1.82) is 0 Å². The van der Waals surface area contributed by atoms with E-state index in [1.807, 2.05) is 63.2 Å². The molecule has 0 fully saturated rings. The molecule has 0 bridgehead atoms. The van der Waals surface area contributed by atoms with Gasteiger partial charge in [0.05, 0.1) is 5.92 Å². The Balaban J connectivity index is 2.25. The van der Waals surface area contributed by atoms with Gasteiger partial charge < -0.3 is 10.1 Å². The third kappa shape index (κ3) is 3.91. The van der Waals surface area contributed by atoms with Gasteiger partial charge in [0.2, 0.25) is 5.91 Å². The van der Waals surface area contributed by atoms with E-state index in [2.05, 4.69) is 5.32 Å². The zero-order chi connectivity index (χ0) is 15.5. The second kappa shape index (κ2) is 6.08. The van der Waals surface area contributed by atoms with Crippen molar-refractivity contribution >= 4 is 23.0 Å². The molecule has 0 aliphatic rings. The summed E-state index contributed by atoms with van der Waals surface area (Å²) in [4.78, 5) is 23.5. The first-order chi connectivity index (χ1) is 9.90. The molecular weight excluding hydrogens is 262 g/mol. The topological polar surface area (TPSA) is 46.2 Å². The lowest BCUT2D eigenvalue weighted by Gasteiger charge is -2.23. The summed E-state index contributed by atoms with van der Waals surface area (Å²) < 4.78 is 0. The predicted molar refractivity (Wildman–Crippen MR) is 85.1 cm³/mol. The Morgan fingerprint density at radius 2 is 1.81 bits per heavy atom. The molecular formula is C18H21NO2. The lowest BCUT2D eigenvalue weighted by Crippen LogP contribution is -2.44. The standard InChI is InChI=1S/C18H21NO2/c1-18(2,3)19-17(21)15(12-20)11-14-9-6-8-13-7-4-5-10-16(13)14/h4-10,12,15H,11H2,1-3H3,(H,19,21)/t15-/m0/s1. The maximum atomic E-state index is 12.2. The van der Waals surface area contributed by atoms with E-state index < -0.39 is 5.92 Å². The minimum absolute atomic E-state index is 0.217. The molecule has 1 N–H and O–H groups in total. The second-order valence-electron chi connectivity index (χ2n) is 6.32. The number of nitrogens with one attached hydrogen (secondary N) is 1. The second-order valence-corrected chi connectivity index (χ2v) is 6.32. The van der Waals surface area contributed by atoms with Crippen LogP contribution in [0.15, 0.2) is 42.5 Å². The third-order valence-electron chi connectivity index (χ3n) is 3.32. The number of carbonyl (C=O) groups excluding carboxylic acids is 2. The fourth-order valence-corrected chi connectivity index (χ4v) is 2.37. The van der Waals surface area contributed by atoms with Crippen LogP contribution in [-0.2, 0) is 16.0 Å². The van der Waals surface area contributed by atoms with Crippen molar-refractivity contribution in [1.82, 2.24) is 5.32 Å². The maximum absolute atomic E-state index is 12.2. The molecule has 0 saturated carbocycles. The molecule has 0 aliphatic heterocycles. The van der Waals surface area contributed by atoms with Crippen molar-refractivity contribution in [3.8, 4) is 0 Å². The van der Waals surface area contributed by atoms with E-state index in [9.17, 15) is 9.59 Å². The van der Waals surface area contributed by atoms with Crippen LogP contribution < -0.4 is 5.32 Å². The summed E-state index contributed by atoms with van der Waals surface area (Å²) in [7, 11) is 0. The summed E-state index contributed by atoms with van der Waals surface area (Å²) in [6.07, 6.45) is 1.16. The molecule has 3 heteroatoms. The molecule has 2 rings (SSSR count). The Hall–Kier alpha value is -2.16. The summed E-state index contributed by atoms with van der Waals surface area (Å²) in [5, 5.41) is 5.08. The van der Waals surface area contributed by atoms with Crippen LogP contribution in [0.1, 0.15) is 26.3 Å². The Bertz CT molecular complexity index is 650. The molecule has 0 spiro atoms. The molecule has 1 atom stereocenters. The number of aldehydes is 1. The highest BCUT2D eigenvalue weighted by Crippen LogP contribution is 2.21. The molecule has 2 aromatic rings. The Morgan fingerprint density at radius 3 is 2.48 bits per heavy atom. The molecule has 2 aromatic carbocycles. The first kappa shape index (κ1) is 15.2. The van der Waals surface area contributed by atoms with Gasteiger partial charge in [-0.1, -0.05) is 42.5 Å². The number of carbonyl (C=O) groups is 2. The highest BCUT2D eigenvalue weighted by Gasteiger charge is 2.23. The van der Waals surface area contributed by atoms with Crippen molar-refractivity contribution in [3.05, 3.63) is 48.0 Å². The van der Waals surface area contributed by atoms with Crippen LogP contribution in [0.3, 0.4) is 0 Å². The van der Waals surface area contributed by atoms with Gasteiger partial charge in [0.15, 0.2) is 0 Å². The van der Waals surface area contributed by atoms with Gasteiger partial charge in [-0.05, 0) is 43.5 Å². The molecule has 21 heavy (non-hydrogen) atoms. The zero-order valence-corrected chi connectivity index (χ0v) is 12.7. The van der Waals surface area contributed by atoms with Crippen LogP contribution in [0.4, 0.5) is 0 Å². The summed E-state index contributed by atoms with van der Waals surface area (Å²) in [6, 6.07) is 14.0. The van der Waals surface area contributed by atoms with Crippen LogP contribution in [0, 0.1) is 5.92 Å². The summed E-state index contributed by atoms with van der Waals surface area (Å²) in [5.74, 6) is -0.875. The predicted octanol–water partition coefficient (Wildman–Crippen LogP) is 3.11. The van der Waals surface area contributed by atoms with E-state index in [0.717, 1.165) is 22.6 Å². The highest BCUT2D eigenvalue weighted by atomic mass is 16.2. The van der Waals surface area contributed by atoms with Crippen molar-refractivity contribution in [2.75, 3.05) is 0 Å². The minimum atomic E-state index is -0.657. The van der Waals surface area contributed by atoms with Crippen molar-refractivity contribution < 1.29 is 9.59 Å². The largest absolute Gasteiger partial charge is 0.351 e. The quantitative estimate of drug-likeness (QED) is 0.692. The fraction of sp³-hybridized carbons (Fsp3) is 0.333. The van der Waals surface area contributed by atoms with Gasteiger partial charge in [0, 0.05) is 5.54 Å². The first-order valence-corrected chi connectivity index (χ1v) is 7.15. The van der Waals surface area contributed by atoms with Crippen molar-refractivity contribution in [2.45, 2.75) is 32.7 Å². The number of fused-ring (bicyclic) bond motifs is 1. The normalized spacial score (nSPS) is 12.9. The molecule has 0 unspecified atom stereocenters. The van der Waals surface area contributed by atoms with E-state index in [4.69, 9.17) is 0 Å². The lowest BCUT2D eigenvalue weighted by atomic mass is 9.94. The smallest absolute Gasteiger partial charge is 0.231 e. The maximum Gasteiger partial charge on any atom is 0.231 e. The van der Waals surface area contributed by atoms with E-state index in [0.29, 0.717) is 6.42 Å². The van der Waals surface area contributed by atoms with E-state index in [1.165, 1.54) is 0 Å². The highest BCUT2D eigenvalue weighted by molar-refractivity contribution is 5.93. The van der Waals surface area contributed by atoms with Crippen LogP contribution in [-0.4, -0.2) is 17.7 Å². The van der Waals surface area contributed by atoms with E-state index in [1.54, 1.807) is 0 Å². The molecule has 0 aromatic heterocycles. The zero-order valence-electron chi connectivity index (χ0n) is 12.7. The number of benzene rings is 2. The molecule has 0 heterocycles. The average molecular weight is 283 g/mol. The van der Waals surface area contributed by atoms with E-state index >= 15 is 0 Å². The van der Waals surface area contributed by atoms with Gasteiger partial charge in [0.25, 0.3) is 0 Å². The lowest BCUT2D eigenvalue weighted by molar-refractivity contribution is -0.130. The molecule has 110 valence electrons. The molecule has 0 aliphatic carbocycles. The van der Waals surface area contributed by atoms with Gasteiger partial charge in [-0.3, -0.25) is 4.79 Å². The first-order valence-electron chi connectivity index (χ1n) is 7.15. The van der Waals surface area contributed by atoms with Gasteiger partial charge in [0.1, 0.15) is 6.29 Å². The Morgan fingerprint density at radius 1 is 1.14 bits per heavy atom. The van der Waals surface area contributed by atoms with Crippen LogP contribution in [0.5, 0.6) is 0 Å². The van der Waals surface area contributed by atoms with Crippen molar-refractivity contribution in [3.63, 3.8) is 0 Å². The number of rotatable bonds is 4. The minimum Gasteiger partial charge on any atom is -0.351 e. The Kier molecular flexibility index (Phi) is 4.41. The van der Waals surface area contributed by atoms with Crippen LogP contribution in [0.25, 0.3) is 10.8 Å². The summed E-state index contributed by atoms with van der Waals surface area (Å²) in [6.45, 7) is 5.72. The van der Waals surface area contributed by atoms with Crippen LogP contribution >= 0.6 is 0 Å². The van der Waals surface area contributed by atoms with Gasteiger partial charge in [-0.2, -0.15) is 0 Å². The monoisotopic (exact) mass is 283 g/mol. The number of hydrogen-bond donors (Lipinski definition) is 1. The average Bonchev–Trinajstić information content (AvgIpc) is 2.42. The SMILES string of the molecule is CC(C)(C)NC(=O)[C@H](C=O)Cc1cccc2ccccc12. The molecule has 1 amide bonds. The number of amides is 1. The van der Waals surface area contributed by atoms with E-state index in [-0.39, 0.29) is 11.4 Å². The van der Waals surface area contributed by atoms with Gasteiger partial charge in [-0.25, -0.2) is 0 Å². The van der Waals surface area contributed by atoms with Crippen LogP contribution in [0.2, 0.25) is 0 Å². The summed E-state index contributed by atoms with van der Waals surface area (Å²) in [5.41, 5.74) is 0.686.